The standard InChI is InChI=1S/C26H32N4O4S2/c1-16-10-11-20(14-22(16)36(32,33)30-21-15-27-24(34-4)12-17(21)2)25-18(3)28-26(35-25)29-23(31)13-19-8-6-5-7-9-19/h10-12,14-15,19,30H,5-9,13H2,1-4H3,(H,28,29,31). The molecule has 0 atom stereocenters. The van der Waals surface area contributed by atoms with Crippen LogP contribution in [0.3, 0.4) is 0 Å². The average molecular weight is 529 g/mol. The van der Waals surface area contributed by atoms with Gasteiger partial charge in [0, 0.05) is 12.5 Å². The maximum Gasteiger partial charge on any atom is 0.262 e. The number of benzene rings is 1. The van der Waals surface area contributed by atoms with E-state index < -0.39 is 10.0 Å². The summed E-state index contributed by atoms with van der Waals surface area (Å²) in [6.45, 7) is 5.41. The van der Waals surface area contributed by atoms with E-state index in [1.165, 1.54) is 43.9 Å². The first kappa shape index (κ1) is 26.1. The van der Waals surface area contributed by atoms with Crippen LogP contribution in [-0.4, -0.2) is 31.4 Å². The SMILES string of the molecule is COc1cc(C)c(NS(=O)(=O)c2cc(-c3sc(NC(=O)CC4CCCCC4)nc3C)ccc2C)cn1. The van der Waals surface area contributed by atoms with Crippen LogP contribution in [-0.2, 0) is 14.8 Å². The van der Waals surface area contributed by atoms with Crippen LogP contribution in [0.1, 0.15) is 55.3 Å². The number of carbonyl (C=O) groups is 1. The van der Waals surface area contributed by atoms with Gasteiger partial charge in [0.15, 0.2) is 5.13 Å². The van der Waals surface area contributed by atoms with Crippen LogP contribution in [0, 0.1) is 26.7 Å². The van der Waals surface area contributed by atoms with Gasteiger partial charge < -0.3 is 10.1 Å². The van der Waals surface area contributed by atoms with Crippen molar-refractivity contribution >= 4 is 38.1 Å². The van der Waals surface area contributed by atoms with Gasteiger partial charge in [0.1, 0.15) is 0 Å². The third-order valence-corrected chi connectivity index (χ3v) is 9.15. The molecule has 1 amide bonds. The molecule has 1 fully saturated rings. The molecule has 4 rings (SSSR count). The number of hydrogen-bond donors (Lipinski definition) is 2. The largest absolute Gasteiger partial charge is 0.481 e. The number of nitrogens with zero attached hydrogens (tertiary/aromatic N) is 2. The molecule has 1 aliphatic carbocycles. The van der Waals surface area contributed by atoms with Gasteiger partial charge in [-0.3, -0.25) is 9.52 Å². The number of pyridine rings is 1. The Balaban J connectivity index is 1.54. The molecule has 0 radical (unpaired) electrons. The van der Waals surface area contributed by atoms with Crippen LogP contribution in [0.2, 0.25) is 0 Å². The number of methoxy groups -OCH3 is 1. The van der Waals surface area contributed by atoms with E-state index in [9.17, 15) is 13.2 Å². The molecule has 192 valence electrons. The minimum Gasteiger partial charge on any atom is -0.481 e. The maximum atomic E-state index is 13.3. The summed E-state index contributed by atoms with van der Waals surface area (Å²) in [4.78, 5) is 22.2. The van der Waals surface area contributed by atoms with Crippen molar-refractivity contribution in [2.45, 2.75) is 64.2 Å². The summed E-state index contributed by atoms with van der Waals surface area (Å²) >= 11 is 1.36. The van der Waals surface area contributed by atoms with Gasteiger partial charge in [0.25, 0.3) is 10.0 Å². The Morgan fingerprint density at radius 1 is 1.11 bits per heavy atom. The fourth-order valence-corrected chi connectivity index (χ4v) is 6.89. The topological polar surface area (TPSA) is 110 Å². The van der Waals surface area contributed by atoms with Gasteiger partial charge in [-0.25, -0.2) is 18.4 Å². The number of aromatic nitrogens is 2. The Labute approximate surface area is 216 Å². The number of sulfonamides is 1. The molecular formula is C26H32N4O4S2. The highest BCUT2D eigenvalue weighted by Gasteiger charge is 2.22. The van der Waals surface area contributed by atoms with E-state index >= 15 is 0 Å². The predicted molar refractivity (Wildman–Crippen MR) is 143 cm³/mol. The first-order valence-corrected chi connectivity index (χ1v) is 14.4. The third kappa shape index (κ3) is 6.04. The molecule has 1 aliphatic rings. The minimum atomic E-state index is -3.87. The fraction of sp³-hybridized carbons (Fsp3) is 0.423. The Hall–Kier alpha value is -2.98. The van der Waals surface area contributed by atoms with Crippen molar-refractivity contribution in [2.75, 3.05) is 17.1 Å². The quantitative estimate of drug-likeness (QED) is 0.380. The molecule has 8 nitrogen and oxygen atoms in total. The van der Waals surface area contributed by atoms with E-state index in [-0.39, 0.29) is 10.8 Å². The first-order chi connectivity index (χ1) is 17.2. The molecule has 36 heavy (non-hydrogen) atoms. The number of rotatable bonds is 8. The van der Waals surface area contributed by atoms with Crippen molar-refractivity contribution in [1.82, 2.24) is 9.97 Å². The number of anilines is 2. The van der Waals surface area contributed by atoms with E-state index in [0.29, 0.717) is 40.2 Å². The van der Waals surface area contributed by atoms with E-state index in [1.807, 2.05) is 13.0 Å². The van der Waals surface area contributed by atoms with Gasteiger partial charge in [0.2, 0.25) is 11.8 Å². The number of aryl methyl sites for hydroxylation is 3. The van der Waals surface area contributed by atoms with E-state index in [4.69, 9.17) is 4.74 Å². The van der Waals surface area contributed by atoms with Crippen molar-refractivity contribution in [1.29, 1.82) is 0 Å². The lowest BCUT2D eigenvalue weighted by Crippen LogP contribution is -2.18. The van der Waals surface area contributed by atoms with E-state index in [0.717, 1.165) is 29.0 Å². The molecule has 0 unspecified atom stereocenters. The lowest BCUT2D eigenvalue weighted by atomic mass is 9.87. The Morgan fingerprint density at radius 2 is 1.86 bits per heavy atom. The van der Waals surface area contributed by atoms with Crippen LogP contribution in [0.4, 0.5) is 10.8 Å². The van der Waals surface area contributed by atoms with Crippen LogP contribution >= 0.6 is 11.3 Å². The van der Waals surface area contributed by atoms with E-state index in [2.05, 4.69) is 20.0 Å². The molecule has 0 bridgehead atoms. The molecule has 2 N–H and O–H groups in total. The highest BCUT2D eigenvalue weighted by molar-refractivity contribution is 7.92. The molecule has 2 heterocycles. The second-order valence-electron chi connectivity index (χ2n) is 9.32. The molecule has 0 aliphatic heterocycles. The van der Waals surface area contributed by atoms with Crippen molar-refractivity contribution in [2.24, 2.45) is 5.92 Å². The highest BCUT2D eigenvalue weighted by atomic mass is 32.2. The molecule has 0 saturated heterocycles. The minimum absolute atomic E-state index is 0.0120. The van der Waals surface area contributed by atoms with Crippen molar-refractivity contribution in [3.63, 3.8) is 0 Å². The number of amides is 1. The molecule has 10 heteroatoms. The average Bonchev–Trinajstić information content (AvgIpc) is 3.20. The summed E-state index contributed by atoms with van der Waals surface area (Å²) in [5.41, 5.74) is 3.17. The Kier molecular flexibility index (Phi) is 7.94. The first-order valence-electron chi connectivity index (χ1n) is 12.1. The monoisotopic (exact) mass is 528 g/mol. The molecule has 3 aromatic rings. The molecule has 0 spiro atoms. The summed E-state index contributed by atoms with van der Waals surface area (Å²) < 4.78 is 34.3. The normalized spacial score (nSPS) is 14.4. The highest BCUT2D eigenvalue weighted by Crippen LogP contribution is 2.35. The van der Waals surface area contributed by atoms with Crippen molar-refractivity contribution < 1.29 is 17.9 Å². The lowest BCUT2D eigenvalue weighted by molar-refractivity contribution is -0.117. The number of carbonyl (C=O) groups excluding carboxylic acids is 1. The summed E-state index contributed by atoms with van der Waals surface area (Å²) in [6.07, 6.45) is 7.83. The second kappa shape index (κ2) is 11.0. The zero-order valence-electron chi connectivity index (χ0n) is 21.1. The molecule has 2 aromatic heterocycles. The number of hydrogen-bond acceptors (Lipinski definition) is 7. The summed E-state index contributed by atoms with van der Waals surface area (Å²) in [7, 11) is -2.36. The van der Waals surface area contributed by atoms with Gasteiger partial charge in [-0.1, -0.05) is 42.7 Å². The molecule has 1 saturated carbocycles. The predicted octanol–water partition coefficient (Wildman–Crippen LogP) is 5.85. The molecule has 1 aromatic carbocycles. The number of nitrogens with one attached hydrogen (secondary N) is 2. The van der Waals surface area contributed by atoms with Crippen LogP contribution in [0.25, 0.3) is 10.4 Å². The summed E-state index contributed by atoms with van der Waals surface area (Å²) in [5, 5.41) is 3.48. The zero-order valence-corrected chi connectivity index (χ0v) is 22.7. The zero-order chi connectivity index (χ0) is 25.9. The van der Waals surface area contributed by atoms with Gasteiger partial charge >= 0.3 is 0 Å². The van der Waals surface area contributed by atoms with Gasteiger partial charge in [-0.15, -0.1) is 0 Å². The fourth-order valence-electron chi connectivity index (χ4n) is 4.52. The van der Waals surface area contributed by atoms with Crippen LogP contribution in [0.15, 0.2) is 35.4 Å². The molecular weight excluding hydrogens is 496 g/mol. The smallest absolute Gasteiger partial charge is 0.262 e. The van der Waals surface area contributed by atoms with Gasteiger partial charge in [-0.2, -0.15) is 0 Å². The Morgan fingerprint density at radius 3 is 2.56 bits per heavy atom. The number of ether oxygens (including phenoxy) is 1. The van der Waals surface area contributed by atoms with Crippen molar-refractivity contribution in [3.8, 4) is 16.3 Å². The summed E-state index contributed by atoms with van der Waals surface area (Å²) in [6, 6.07) is 6.98. The maximum absolute atomic E-state index is 13.3. The van der Waals surface area contributed by atoms with Crippen LogP contribution in [0.5, 0.6) is 5.88 Å². The van der Waals surface area contributed by atoms with Gasteiger partial charge in [0.05, 0.1) is 34.5 Å². The number of thiazole rings is 1. The second-order valence-corrected chi connectivity index (χ2v) is 12.0. The summed E-state index contributed by atoms with van der Waals surface area (Å²) in [5.74, 6) is 0.846. The Bertz CT molecular complexity index is 1360. The third-order valence-electron chi connectivity index (χ3n) is 6.52. The van der Waals surface area contributed by atoms with Crippen LogP contribution < -0.4 is 14.8 Å². The van der Waals surface area contributed by atoms with Gasteiger partial charge in [-0.05, 0) is 62.3 Å². The van der Waals surface area contributed by atoms with E-state index in [1.54, 1.807) is 32.0 Å². The lowest BCUT2D eigenvalue weighted by Gasteiger charge is -2.20. The van der Waals surface area contributed by atoms with Crippen molar-refractivity contribution in [3.05, 3.63) is 47.3 Å².